The molecule has 2 saturated carbocycles. The number of nitrogens with zero attached hydrogens (tertiary/aromatic N) is 1. The third-order valence-electron chi connectivity index (χ3n) is 4.91. The lowest BCUT2D eigenvalue weighted by Gasteiger charge is -2.42. The van der Waals surface area contributed by atoms with Crippen LogP contribution in [0.2, 0.25) is 0 Å². The Hall–Kier alpha value is -0.290. The summed E-state index contributed by atoms with van der Waals surface area (Å²) in [6, 6.07) is 2.31. The molecule has 0 aromatic carbocycles. The van der Waals surface area contributed by atoms with Gasteiger partial charge in [0, 0.05) is 6.42 Å². The lowest BCUT2D eigenvalue weighted by molar-refractivity contribution is 0.130. The first kappa shape index (κ1) is 12.2. The molecule has 0 amide bonds. The number of hydrogen-bond donors (Lipinski definition) is 0. The van der Waals surface area contributed by atoms with Gasteiger partial charge in [-0.1, -0.05) is 28.4 Å². The molecular weight excluding hydrogens is 262 g/mol. The van der Waals surface area contributed by atoms with E-state index in [1.54, 1.807) is 5.57 Å². The highest BCUT2D eigenvalue weighted by molar-refractivity contribution is 9.11. The van der Waals surface area contributed by atoms with Crippen LogP contribution in [-0.2, 0) is 0 Å². The normalized spacial score (nSPS) is 40.7. The zero-order valence-corrected chi connectivity index (χ0v) is 11.6. The maximum atomic E-state index is 8.74. The van der Waals surface area contributed by atoms with E-state index in [0.717, 1.165) is 24.7 Å². The highest BCUT2D eigenvalue weighted by atomic mass is 79.9. The Morgan fingerprint density at radius 1 is 1.56 bits per heavy atom. The van der Waals surface area contributed by atoms with Gasteiger partial charge in [-0.2, -0.15) is 5.26 Å². The Labute approximate surface area is 107 Å². The first-order chi connectivity index (χ1) is 7.72. The monoisotopic (exact) mass is 281 g/mol. The van der Waals surface area contributed by atoms with Crippen LogP contribution < -0.4 is 0 Å². The molecule has 2 aliphatic rings. The number of rotatable bonds is 2. The van der Waals surface area contributed by atoms with Gasteiger partial charge in [-0.05, 0) is 60.8 Å². The van der Waals surface area contributed by atoms with Crippen LogP contribution >= 0.6 is 15.9 Å². The smallest absolute Gasteiger partial charge is 0.0621 e. The van der Waals surface area contributed by atoms with Gasteiger partial charge in [0.05, 0.1) is 6.07 Å². The van der Waals surface area contributed by atoms with E-state index in [4.69, 9.17) is 5.26 Å². The van der Waals surface area contributed by atoms with Crippen molar-refractivity contribution in [3.05, 3.63) is 10.6 Å². The number of nitriles is 1. The van der Waals surface area contributed by atoms with Crippen molar-refractivity contribution in [1.29, 1.82) is 5.26 Å². The number of halogens is 1. The third-order valence-corrected chi connectivity index (χ3v) is 5.49. The van der Waals surface area contributed by atoms with Crippen LogP contribution in [0.4, 0.5) is 0 Å². The molecule has 0 N–H and O–H groups in total. The summed E-state index contributed by atoms with van der Waals surface area (Å²) < 4.78 is 0. The van der Waals surface area contributed by atoms with E-state index < -0.39 is 0 Å². The van der Waals surface area contributed by atoms with Crippen LogP contribution in [-0.4, -0.2) is 0 Å². The van der Waals surface area contributed by atoms with E-state index in [2.05, 4.69) is 33.9 Å². The summed E-state index contributed by atoms with van der Waals surface area (Å²) in [5.41, 5.74) is 2.10. The number of hydrogen-bond acceptors (Lipinski definition) is 1. The molecule has 0 spiro atoms. The van der Waals surface area contributed by atoms with Crippen molar-refractivity contribution >= 4 is 15.9 Å². The van der Waals surface area contributed by atoms with Crippen LogP contribution in [0.15, 0.2) is 10.6 Å². The standard InChI is InChI=1S/C14H20BrN/c1-14-8-2-4-11(10-15)13(14)7-6-12(14)5-3-9-16/h10,12-13H,2-8H2,1H3/b11-10+/t12-,13?,14+/m0/s1. The maximum Gasteiger partial charge on any atom is 0.0621 e. The van der Waals surface area contributed by atoms with Gasteiger partial charge in [-0.3, -0.25) is 0 Å². The van der Waals surface area contributed by atoms with E-state index in [9.17, 15) is 0 Å². The van der Waals surface area contributed by atoms with E-state index in [0.29, 0.717) is 5.41 Å². The summed E-state index contributed by atoms with van der Waals surface area (Å²) in [4.78, 5) is 2.17. The summed E-state index contributed by atoms with van der Waals surface area (Å²) in [6.07, 6.45) is 8.47. The Morgan fingerprint density at radius 2 is 2.38 bits per heavy atom. The van der Waals surface area contributed by atoms with E-state index >= 15 is 0 Å². The van der Waals surface area contributed by atoms with Gasteiger partial charge < -0.3 is 0 Å². The Morgan fingerprint density at radius 3 is 3.06 bits per heavy atom. The maximum absolute atomic E-state index is 8.74. The van der Waals surface area contributed by atoms with Crippen molar-refractivity contribution in [2.24, 2.45) is 17.3 Å². The highest BCUT2D eigenvalue weighted by Crippen LogP contribution is 2.58. The van der Waals surface area contributed by atoms with Gasteiger partial charge in [0.25, 0.3) is 0 Å². The van der Waals surface area contributed by atoms with Crippen molar-refractivity contribution < 1.29 is 0 Å². The van der Waals surface area contributed by atoms with Gasteiger partial charge in [0.1, 0.15) is 0 Å². The molecule has 0 aromatic rings. The van der Waals surface area contributed by atoms with Crippen molar-refractivity contribution in [3.63, 3.8) is 0 Å². The molecule has 0 bridgehead atoms. The number of allylic oxidation sites excluding steroid dienone is 1. The first-order valence-corrected chi connectivity index (χ1v) is 7.30. The van der Waals surface area contributed by atoms with E-state index in [1.807, 2.05) is 0 Å². The molecule has 1 unspecified atom stereocenters. The Balaban J connectivity index is 2.14. The summed E-state index contributed by atoms with van der Waals surface area (Å²) in [5.74, 6) is 1.56. The third kappa shape index (κ3) is 1.95. The van der Waals surface area contributed by atoms with Crippen LogP contribution in [0.5, 0.6) is 0 Å². The molecule has 1 nitrogen and oxygen atoms in total. The quantitative estimate of drug-likeness (QED) is 0.714. The Bertz CT molecular complexity index is 328. The van der Waals surface area contributed by atoms with Gasteiger partial charge in [0.2, 0.25) is 0 Å². The minimum Gasteiger partial charge on any atom is -0.198 e. The molecule has 0 heterocycles. The molecule has 2 aliphatic carbocycles. The zero-order valence-electron chi connectivity index (χ0n) is 10.0. The second-order valence-corrected chi connectivity index (χ2v) is 6.02. The Kier molecular flexibility index (Phi) is 3.74. The minimum absolute atomic E-state index is 0.481. The minimum atomic E-state index is 0.481. The molecule has 2 heteroatoms. The molecule has 16 heavy (non-hydrogen) atoms. The molecular formula is C14H20BrN. The molecule has 88 valence electrons. The first-order valence-electron chi connectivity index (χ1n) is 6.38. The van der Waals surface area contributed by atoms with Crippen LogP contribution in [0.25, 0.3) is 0 Å². The predicted molar refractivity (Wildman–Crippen MR) is 70.0 cm³/mol. The molecule has 2 rings (SSSR count). The van der Waals surface area contributed by atoms with E-state index in [1.165, 1.54) is 32.1 Å². The van der Waals surface area contributed by atoms with E-state index in [-0.39, 0.29) is 0 Å². The molecule has 0 radical (unpaired) electrons. The van der Waals surface area contributed by atoms with Crippen molar-refractivity contribution in [1.82, 2.24) is 0 Å². The summed E-state index contributed by atoms with van der Waals surface area (Å²) in [5, 5.41) is 8.74. The summed E-state index contributed by atoms with van der Waals surface area (Å²) >= 11 is 3.53. The predicted octanol–water partition coefficient (Wildman–Crippen LogP) is 4.79. The average Bonchev–Trinajstić information content (AvgIpc) is 2.63. The highest BCUT2D eigenvalue weighted by Gasteiger charge is 2.48. The molecule has 0 aromatic heterocycles. The fourth-order valence-corrected chi connectivity index (χ4v) is 4.54. The fraction of sp³-hybridized carbons (Fsp3) is 0.786. The van der Waals surface area contributed by atoms with Crippen molar-refractivity contribution in [2.75, 3.05) is 0 Å². The van der Waals surface area contributed by atoms with Gasteiger partial charge in [-0.25, -0.2) is 0 Å². The lowest BCUT2D eigenvalue weighted by atomic mass is 9.63. The second-order valence-electron chi connectivity index (χ2n) is 5.57. The van der Waals surface area contributed by atoms with Crippen LogP contribution in [0.3, 0.4) is 0 Å². The van der Waals surface area contributed by atoms with Gasteiger partial charge in [0.15, 0.2) is 0 Å². The average molecular weight is 282 g/mol. The number of fused-ring (bicyclic) bond motifs is 1. The summed E-state index contributed by atoms with van der Waals surface area (Å²) in [7, 11) is 0. The van der Waals surface area contributed by atoms with Gasteiger partial charge >= 0.3 is 0 Å². The molecule has 3 atom stereocenters. The summed E-state index contributed by atoms with van der Waals surface area (Å²) in [6.45, 7) is 2.46. The molecule has 0 saturated heterocycles. The van der Waals surface area contributed by atoms with Crippen molar-refractivity contribution in [3.8, 4) is 6.07 Å². The molecule has 2 fully saturated rings. The molecule has 0 aliphatic heterocycles. The van der Waals surface area contributed by atoms with Gasteiger partial charge in [-0.15, -0.1) is 0 Å². The largest absolute Gasteiger partial charge is 0.198 e. The topological polar surface area (TPSA) is 23.8 Å². The fourth-order valence-electron chi connectivity index (χ4n) is 3.99. The van der Waals surface area contributed by atoms with Crippen LogP contribution in [0, 0.1) is 28.6 Å². The van der Waals surface area contributed by atoms with Crippen molar-refractivity contribution in [2.45, 2.75) is 51.9 Å². The SMILES string of the molecule is C[C@]12CCC/C(=C\Br)C1CC[C@@H]2CCC#N. The second kappa shape index (κ2) is 4.92. The lowest BCUT2D eigenvalue weighted by Crippen LogP contribution is -2.33. The van der Waals surface area contributed by atoms with Crippen LogP contribution in [0.1, 0.15) is 51.9 Å². The zero-order chi connectivity index (χ0) is 11.6.